The van der Waals surface area contributed by atoms with Crippen molar-refractivity contribution < 1.29 is 4.79 Å². The van der Waals surface area contributed by atoms with Crippen LogP contribution in [-0.4, -0.2) is 20.5 Å². The first-order valence-corrected chi connectivity index (χ1v) is 9.25. The van der Waals surface area contributed by atoms with Crippen molar-refractivity contribution in [2.24, 2.45) is 0 Å². The van der Waals surface area contributed by atoms with Gasteiger partial charge in [0.2, 0.25) is 5.95 Å². The zero-order chi connectivity index (χ0) is 18.4. The van der Waals surface area contributed by atoms with Gasteiger partial charge in [-0.3, -0.25) is 4.79 Å². The van der Waals surface area contributed by atoms with E-state index < -0.39 is 0 Å². The van der Waals surface area contributed by atoms with Crippen LogP contribution in [0.3, 0.4) is 0 Å². The molecule has 1 aliphatic heterocycles. The highest BCUT2D eigenvalue weighted by molar-refractivity contribution is 6.00. The Morgan fingerprint density at radius 3 is 2.63 bits per heavy atom. The summed E-state index contributed by atoms with van der Waals surface area (Å²) in [5.74, 6) is 1.07. The van der Waals surface area contributed by atoms with Crippen LogP contribution in [-0.2, 0) is 4.79 Å². The quantitative estimate of drug-likeness (QED) is 0.754. The summed E-state index contributed by atoms with van der Waals surface area (Å²) in [6, 6.07) is 18.2. The minimum Gasteiger partial charge on any atom is -0.328 e. The second-order valence-electron chi connectivity index (χ2n) is 7.24. The first-order valence-electron chi connectivity index (χ1n) is 9.25. The van der Waals surface area contributed by atoms with Gasteiger partial charge in [-0.1, -0.05) is 54.6 Å². The van der Waals surface area contributed by atoms with Crippen molar-refractivity contribution in [3.05, 3.63) is 88.9 Å². The average Bonchev–Trinajstić information content (AvgIpc) is 3.15. The predicted molar refractivity (Wildman–Crippen MR) is 103 cm³/mol. The van der Waals surface area contributed by atoms with E-state index in [-0.39, 0.29) is 17.7 Å². The Kier molecular flexibility index (Phi) is 3.67. The van der Waals surface area contributed by atoms with Crippen molar-refractivity contribution >= 4 is 11.7 Å². The smallest absolute Gasteiger partial charge is 0.226 e. The monoisotopic (exact) mass is 356 g/mol. The van der Waals surface area contributed by atoms with E-state index in [1.54, 1.807) is 6.33 Å². The summed E-state index contributed by atoms with van der Waals surface area (Å²) >= 11 is 0. The molecule has 0 spiro atoms. The van der Waals surface area contributed by atoms with Gasteiger partial charge in [-0.2, -0.15) is 10.1 Å². The molecule has 0 saturated heterocycles. The Balaban J connectivity index is 1.61. The molecule has 0 amide bonds. The molecule has 2 unspecified atom stereocenters. The van der Waals surface area contributed by atoms with E-state index in [0.29, 0.717) is 12.4 Å². The van der Waals surface area contributed by atoms with E-state index in [2.05, 4.69) is 40.5 Å². The number of allylic oxidation sites excluding steroid dienone is 2. The third-order valence-corrected chi connectivity index (χ3v) is 5.61. The number of carbonyl (C=O) groups excluding carboxylic acids is 1. The zero-order valence-corrected chi connectivity index (χ0v) is 15.1. The fourth-order valence-corrected chi connectivity index (χ4v) is 4.36. The van der Waals surface area contributed by atoms with E-state index in [1.807, 2.05) is 41.1 Å². The average molecular weight is 356 g/mol. The lowest BCUT2D eigenvalue weighted by molar-refractivity contribution is -0.116. The van der Waals surface area contributed by atoms with Crippen LogP contribution in [0.15, 0.2) is 72.2 Å². The summed E-state index contributed by atoms with van der Waals surface area (Å²) in [6.45, 7) is 2.11. The van der Waals surface area contributed by atoms with Gasteiger partial charge < -0.3 is 5.32 Å². The Bertz CT molecular complexity index is 1050. The molecule has 2 atom stereocenters. The van der Waals surface area contributed by atoms with Gasteiger partial charge in [0.05, 0.1) is 0 Å². The molecule has 5 heteroatoms. The molecule has 0 radical (unpaired) electrons. The van der Waals surface area contributed by atoms with Crippen LogP contribution < -0.4 is 5.32 Å². The van der Waals surface area contributed by atoms with Crippen LogP contribution in [0, 0.1) is 6.92 Å². The first kappa shape index (κ1) is 16.0. The highest BCUT2D eigenvalue weighted by Crippen LogP contribution is 2.44. The molecule has 1 N–H and O–H groups in total. The molecule has 0 bridgehead atoms. The standard InChI is InChI=1S/C22H20N4O/c1-14-7-5-6-10-17(14)16-11-18-20(19(27)12-16)21(15-8-3-2-4-9-15)26-22(25-18)23-13-24-26/h2-10,13,16,21H,11-12H2,1H3,(H,23,24,25). The van der Waals surface area contributed by atoms with Crippen molar-refractivity contribution in [3.63, 3.8) is 0 Å². The highest BCUT2D eigenvalue weighted by Gasteiger charge is 2.39. The minimum absolute atomic E-state index is 0.187. The van der Waals surface area contributed by atoms with Gasteiger partial charge in [-0.25, -0.2) is 4.68 Å². The van der Waals surface area contributed by atoms with Crippen LogP contribution in [0.2, 0.25) is 0 Å². The largest absolute Gasteiger partial charge is 0.328 e. The Labute approximate surface area is 157 Å². The summed E-state index contributed by atoms with van der Waals surface area (Å²) in [7, 11) is 0. The maximum atomic E-state index is 13.3. The minimum atomic E-state index is -0.217. The van der Waals surface area contributed by atoms with Crippen LogP contribution in [0.1, 0.15) is 41.5 Å². The number of rotatable bonds is 2. The fraction of sp³-hybridized carbons (Fsp3) is 0.227. The van der Waals surface area contributed by atoms with Crippen LogP contribution in [0.25, 0.3) is 0 Å². The van der Waals surface area contributed by atoms with E-state index in [1.165, 1.54) is 11.1 Å². The van der Waals surface area contributed by atoms with Crippen molar-refractivity contribution in [1.82, 2.24) is 14.8 Å². The maximum Gasteiger partial charge on any atom is 0.226 e. The molecule has 2 aromatic carbocycles. The van der Waals surface area contributed by atoms with Crippen LogP contribution >= 0.6 is 0 Å². The van der Waals surface area contributed by atoms with Gasteiger partial charge in [0.15, 0.2) is 5.78 Å². The molecular weight excluding hydrogens is 336 g/mol. The molecule has 2 aliphatic rings. The lowest BCUT2D eigenvalue weighted by Gasteiger charge is -2.35. The normalized spacial score (nSPS) is 21.4. The molecule has 134 valence electrons. The Morgan fingerprint density at radius 2 is 1.81 bits per heavy atom. The molecule has 5 rings (SSSR count). The van der Waals surface area contributed by atoms with Gasteiger partial charge in [0, 0.05) is 17.7 Å². The summed E-state index contributed by atoms with van der Waals surface area (Å²) in [5, 5.41) is 7.76. The number of ketones is 1. The number of hydrogen-bond donors (Lipinski definition) is 1. The molecule has 1 aromatic heterocycles. The second-order valence-corrected chi connectivity index (χ2v) is 7.24. The number of aromatic nitrogens is 3. The summed E-state index contributed by atoms with van der Waals surface area (Å²) in [4.78, 5) is 17.6. The first-order chi connectivity index (χ1) is 13.2. The van der Waals surface area contributed by atoms with Gasteiger partial charge in [0.1, 0.15) is 12.4 Å². The van der Waals surface area contributed by atoms with Crippen LogP contribution in [0.5, 0.6) is 0 Å². The van der Waals surface area contributed by atoms with Crippen molar-refractivity contribution in [2.45, 2.75) is 31.7 Å². The van der Waals surface area contributed by atoms with Gasteiger partial charge in [0.25, 0.3) is 0 Å². The number of hydrogen-bond acceptors (Lipinski definition) is 4. The van der Waals surface area contributed by atoms with Crippen LogP contribution in [0.4, 0.5) is 5.95 Å². The van der Waals surface area contributed by atoms with Crippen molar-refractivity contribution in [3.8, 4) is 0 Å². The number of nitrogens with one attached hydrogen (secondary N) is 1. The molecule has 5 nitrogen and oxygen atoms in total. The molecule has 0 saturated carbocycles. The molecule has 1 aliphatic carbocycles. The maximum absolute atomic E-state index is 13.3. The topological polar surface area (TPSA) is 59.8 Å². The Hall–Kier alpha value is -3.21. The van der Waals surface area contributed by atoms with E-state index in [4.69, 9.17) is 0 Å². The number of Topliss-reactive ketones (excluding diaryl/α,β-unsaturated/α-hetero) is 1. The van der Waals surface area contributed by atoms with Gasteiger partial charge >= 0.3 is 0 Å². The van der Waals surface area contributed by atoms with E-state index in [9.17, 15) is 4.79 Å². The fourth-order valence-electron chi connectivity index (χ4n) is 4.36. The summed E-state index contributed by atoms with van der Waals surface area (Å²) in [6.07, 6.45) is 2.88. The lowest BCUT2D eigenvalue weighted by Crippen LogP contribution is -2.33. The third kappa shape index (κ3) is 2.58. The number of benzene rings is 2. The third-order valence-electron chi connectivity index (χ3n) is 5.61. The lowest BCUT2D eigenvalue weighted by atomic mass is 9.77. The van der Waals surface area contributed by atoms with Crippen molar-refractivity contribution in [1.29, 1.82) is 0 Å². The molecule has 3 aromatic rings. The number of anilines is 1. The molecule has 2 heterocycles. The predicted octanol–water partition coefficient (Wildman–Crippen LogP) is 4.00. The van der Waals surface area contributed by atoms with Gasteiger partial charge in [-0.05, 0) is 36.0 Å². The summed E-state index contributed by atoms with van der Waals surface area (Å²) in [5.41, 5.74) is 5.35. The van der Waals surface area contributed by atoms with E-state index in [0.717, 1.165) is 23.3 Å². The number of aryl methyl sites for hydroxylation is 1. The SMILES string of the molecule is Cc1ccccc1C1CC(=O)C2=C(C1)Nc1ncnn1C2c1ccccc1. The number of carbonyl (C=O) groups is 1. The summed E-state index contributed by atoms with van der Waals surface area (Å²) < 4.78 is 1.82. The number of fused-ring (bicyclic) bond motifs is 1. The van der Waals surface area contributed by atoms with Crippen molar-refractivity contribution in [2.75, 3.05) is 5.32 Å². The highest BCUT2D eigenvalue weighted by atomic mass is 16.1. The van der Waals surface area contributed by atoms with E-state index >= 15 is 0 Å². The molecule has 0 fully saturated rings. The Morgan fingerprint density at radius 1 is 1.04 bits per heavy atom. The second kappa shape index (κ2) is 6.20. The van der Waals surface area contributed by atoms with Gasteiger partial charge in [-0.15, -0.1) is 0 Å². The molecular formula is C22H20N4O. The number of nitrogens with zero attached hydrogens (tertiary/aromatic N) is 3. The molecule has 27 heavy (non-hydrogen) atoms. The zero-order valence-electron chi connectivity index (χ0n) is 15.1.